The number of phenolic OH excluding ortho intramolecular Hbond substituents is 2. The van der Waals surface area contributed by atoms with Gasteiger partial charge in [-0.3, -0.25) is 19.4 Å². The number of hydrogen-bond acceptors (Lipinski definition) is 12. The second-order valence-electron chi connectivity index (χ2n) is 16.8. The first kappa shape index (κ1) is 42.1. The molecule has 60 heavy (non-hydrogen) atoms. The Morgan fingerprint density at radius 1 is 0.950 bits per heavy atom. The van der Waals surface area contributed by atoms with Gasteiger partial charge in [0, 0.05) is 61.6 Å². The van der Waals surface area contributed by atoms with Crippen LogP contribution < -0.4 is 10.6 Å². The molecule has 5 N–H and O–H groups in total. The van der Waals surface area contributed by atoms with Crippen molar-refractivity contribution in [2.45, 2.75) is 96.8 Å². The summed E-state index contributed by atoms with van der Waals surface area (Å²) in [7, 11) is -0.717. The van der Waals surface area contributed by atoms with E-state index in [0.717, 1.165) is 10.9 Å². The van der Waals surface area contributed by atoms with Gasteiger partial charge in [-0.15, -0.1) is 5.10 Å². The lowest BCUT2D eigenvalue weighted by Crippen LogP contribution is -2.56. The molecule has 17 nitrogen and oxygen atoms in total. The highest BCUT2D eigenvalue weighted by molar-refractivity contribution is 6.48. The number of phenols is 2. The van der Waals surface area contributed by atoms with E-state index in [-0.39, 0.29) is 65.6 Å². The normalized spacial score (nSPS) is 16.5. The molecule has 2 aliphatic rings. The molecule has 0 radical (unpaired) electrons. The van der Waals surface area contributed by atoms with Gasteiger partial charge >= 0.3 is 13.1 Å². The van der Waals surface area contributed by atoms with Crippen LogP contribution in [0.5, 0.6) is 17.5 Å². The van der Waals surface area contributed by atoms with Crippen LogP contribution >= 0.6 is 0 Å². The van der Waals surface area contributed by atoms with Crippen LogP contribution in [0.2, 0.25) is 0 Å². The van der Waals surface area contributed by atoms with E-state index < -0.39 is 30.2 Å². The molecule has 2 aliphatic heterocycles. The highest BCUT2D eigenvalue weighted by Crippen LogP contribution is 2.46. The van der Waals surface area contributed by atoms with Crippen molar-refractivity contribution in [3.63, 3.8) is 0 Å². The van der Waals surface area contributed by atoms with Crippen LogP contribution in [-0.2, 0) is 25.4 Å². The van der Waals surface area contributed by atoms with Gasteiger partial charge in [0.05, 0.1) is 41.1 Å². The van der Waals surface area contributed by atoms with Crippen LogP contribution in [0, 0.1) is 5.92 Å². The van der Waals surface area contributed by atoms with E-state index in [4.69, 9.17) is 9.31 Å². The number of piperidine rings is 1. The summed E-state index contributed by atoms with van der Waals surface area (Å²) < 4.78 is 16.7. The van der Waals surface area contributed by atoms with Gasteiger partial charge in [-0.2, -0.15) is 0 Å². The Hall–Kier alpha value is -6.01. The highest BCUT2D eigenvalue weighted by Gasteiger charge is 2.59. The van der Waals surface area contributed by atoms with Crippen LogP contribution in [0.25, 0.3) is 28.0 Å². The highest BCUT2D eigenvalue weighted by atomic mass is 16.7. The Morgan fingerprint density at radius 2 is 1.72 bits per heavy atom. The average Bonchev–Trinajstić information content (AvgIpc) is 3.88. The van der Waals surface area contributed by atoms with Gasteiger partial charge in [-0.05, 0) is 80.8 Å². The molecule has 0 unspecified atom stereocenters. The number of carbonyl (C=O) groups is 3. The number of benzene rings is 2. The van der Waals surface area contributed by atoms with Crippen LogP contribution in [0.1, 0.15) is 89.2 Å². The van der Waals surface area contributed by atoms with Gasteiger partial charge in [-0.25, -0.2) is 9.55 Å². The number of aryl methyl sites for hydroxylation is 1. The molecule has 2 saturated heterocycles. The van der Waals surface area contributed by atoms with Crippen LogP contribution in [0.15, 0.2) is 61.2 Å². The van der Waals surface area contributed by atoms with Crippen molar-refractivity contribution in [2.24, 2.45) is 5.92 Å². The Kier molecular flexibility index (Phi) is 11.9. The van der Waals surface area contributed by atoms with E-state index in [9.17, 15) is 29.7 Å². The third-order valence-electron chi connectivity index (χ3n) is 11.6. The molecule has 3 aromatic heterocycles. The topological polar surface area (TPSA) is 219 Å². The maximum Gasteiger partial charge on any atom is 0.481 e. The quantitative estimate of drug-likeness (QED) is 0.104. The molecule has 7 rings (SSSR count). The number of nitrogens with one attached hydrogen (secondary N) is 2. The summed E-state index contributed by atoms with van der Waals surface area (Å²) in [6.07, 6.45) is 8.12. The molecule has 316 valence electrons. The van der Waals surface area contributed by atoms with Crippen molar-refractivity contribution in [2.75, 3.05) is 19.6 Å². The zero-order chi connectivity index (χ0) is 42.9. The fraction of sp³-hybridized carbons (Fsp3) is 0.452. The number of aromatic hydroxyl groups is 3. The lowest BCUT2D eigenvalue weighted by Gasteiger charge is -2.45. The van der Waals surface area contributed by atoms with Crippen LogP contribution in [0.3, 0.4) is 0 Å². The van der Waals surface area contributed by atoms with E-state index in [1.807, 2.05) is 67.6 Å². The number of aromatic nitrogens is 6. The molecule has 5 heterocycles. The SMILES string of the molecule is CC(C)C[C@H](NC(=O)CNC(=O)c1cnccn1)B1OC(C)(C)C2(CCN(C(=O)CCn3ccc4cc(-n5c(O)nnc5-c5cc(C(C)C)c(O)cc5O)ccc43)CC2)O1. The Labute approximate surface area is 348 Å². The number of likely N-dealkylation sites (tertiary alicyclic amines) is 1. The predicted octanol–water partition coefficient (Wildman–Crippen LogP) is 4.48. The molecular weight excluding hydrogens is 769 g/mol. The summed E-state index contributed by atoms with van der Waals surface area (Å²) in [5.41, 5.74) is 1.16. The van der Waals surface area contributed by atoms with Crippen molar-refractivity contribution in [3.8, 4) is 34.6 Å². The molecule has 1 atom stereocenters. The van der Waals surface area contributed by atoms with Crippen LogP contribution in [0.4, 0.5) is 0 Å². The summed E-state index contributed by atoms with van der Waals surface area (Å²) >= 11 is 0. The molecule has 5 aromatic rings. The second-order valence-corrected chi connectivity index (χ2v) is 16.8. The molecular formula is C42H52BN9O8. The predicted molar refractivity (Wildman–Crippen MR) is 222 cm³/mol. The Morgan fingerprint density at radius 3 is 2.42 bits per heavy atom. The van der Waals surface area contributed by atoms with E-state index >= 15 is 0 Å². The third kappa shape index (κ3) is 8.52. The fourth-order valence-corrected chi connectivity index (χ4v) is 8.28. The van der Waals surface area contributed by atoms with Gasteiger partial charge in [0.15, 0.2) is 5.82 Å². The van der Waals surface area contributed by atoms with Crippen molar-refractivity contribution >= 4 is 35.7 Å². The second kappa shape index (κ2) is 16.9. The van der Waals surface area contributed by atoms with Gasteiger partial charge in [-0.1, -0.05) is 32.8 Å². The van der Waals surface area contributed by atoms with Gasteiger partial charge in [0.25, 0.3) is 5.91 Å². The Balaban J connectivity index is 0.965. The van der Waals surface area contributed by atoms with Crippen molar-refractivity contribution in [1.82, 2.24) is 44.8 Å². The lowest BCUT2D eigenvalue weighted by atomic mass is 9.73. The van der Waals surface area contributed by atoms with Crippen molar-refractivity contribution in [1.29, 1.82) is 0 Å². The van der Waals surface area contributed by atoms with E-state index in [1.54, 1.807) is 6.07 Å². The molecule has 1 spiro atoms. The van der Waals surface area contributed by atoms with E-state index in [1.165, 1.54) is 29.2 Å². The zero-order valence-corrected chi connectivity index (χ0v) is 34.8. The third-order valence-corrected chi connectivity index (χ3v) is 11.6. The summed E-state index contributed by atoms with van der Waals surface area (Å²) in [5, 5.41) is 46.3. The van der Waals surface area contributed by atoms with E-state index in [0.29, 0.717) is 55.7 Å². The average molecular weight is 822 g/mol. The van der Waals surface area contributed by atoms with Crippen molar-refractivity contribution in [3.05, 3.63) is 72.4 Å². The molecule has 0 saturated carbocycles. The minimum Gasteiger partial charge on any atom is -0.508 e. The maximum atomic E-state index is 13.6. The Bertz CT molecular complexity index is 2370. The first-order chi connectivity index (χ1) is 28.6. The molecule has 18 heteroatoms. The van der Waals surface area contributed by atoms with Crippen LogP contribution in [-0.4, -0.2) is 111 Å². The lowest BCUT2D eigenvalue weighted by molar-refractivity contribution is -0.137. The molecule has 2 aromatic carbocycles. The van der Waals surface area contributed by atoms with E-state index in [2.05, 4.69) is 44.6 Å². The fourth-order valence-electron chi connectivity index (χ4n) is 8.28. The number of nitrogens with zero attached hydrogens (tertiary/aromatic N) is 7. The standard InChI is InChI=1S/C42H52BN9O8/c1-25(2)19-35(47-36(55)24-46-39(57)31-23-44-13-14-45-31)43-59-41(5,6)42(60-43)11-17-51(18-12-42)37(56)10-16-50-15-9-27-20-28(7-8-32(27)50)52-38(48-49-40(52)58)30-21-29(26(3)4)33(53)22-34(30)54/h7-9,13-15,20-23,25-26,35,53-54H,10-12,16-19,24H2,1-6H3,(H,46,57)(H,47,55)(H,49,58)/t35-/m0/s1. The molecule has 0 bridgehead atoms. The van der Waals surface area contributed by atoms with Gasteiger partial charge in [0.1, 0.15) is 17.2 Å². The number of hydrogen-bond donors (Lipinski definition) is 5. The number of carbonyl (C=O) groups excluding carboxylic acids is 3. The summed E-state index contributed by atoms with van der Waals surface area (Å²) in [5.74, 6) is -1.13. The summed E-state index contributed by atoms with van der Waals surface area (Å²) in [4.78, 5) is 48.8. The molecule has 0 aliphatic carbocycles. The summed E-state index contributed by atoms with van der Waals surface area (Å²) in [6.45, 7) is 13.1. The molecule has 3 amide bonds. The zero-order valence-electron chi connectivity index (χ0n) is 34.8. The number of amides is 3. The molecule has 2 fully saturated rings. The minimum absolute atomic E-state index is 0.0261. The number of rotatable bonds is 13. The maximum absolute atomic E-state index is 13.6. The largest absolute Gasteiger partial charge is 0.508 e. The van der Waals surface area contributed by atoms with Crippen molar-refractivity contribution < 1.29 is 39.0 Å². The summed E-state index contributed by atoms with van der Waals surface area (Å²) in [6, 6.07) is 10.1. The smallest absolute Gasteiger partial charge is 0.481 e. The first-order valence-electron chi connectivity index (χ1n) is 20.3. The number of fused-ring (bicyclic) bond motifs is 1. The van der Waals surface area contributed by atoms with Gasteiger partial charge < -0.3 is 44.7 Å². The van der Waals surface area contributed by atoms with Gasteiger partial charge in [0.2, 0.25) is 11.8 Å². The monoisotopic (exact) mass is 821 g/mol. The first-order valence-corrected chi connectivity index (χ1v) is 20.3. The minimum atomic E-state index is -0.717.